The number of furan rings is 1. The zero-order valence-corrected chi connectivity index (χ0v) is 11.9. The van der Waals surface area contributed by atoms with Gasteiger partial charge in [-0.2, -0.15) is 0 Å². The summed E-state index contributed by atoms with van der Waals surface area (Å²) in [6.07, 6.45) is 1.46. The molecule has 0 saturated carbocycles. The molecule has 1 aromatic heterocycles. The van der Waals surface area contributed by atoms with Gasteiger partial charge in [-0.1, -0.05) is 0 Å². The van der Waals surface area contributed by atoms with Crippen molar-refractivity contribution in [2.24, 2.45) is 5.14 Å². The number of sulfonamides is 1. The van der Waals surface area contributed by atoms with Gasteiger partial charge in [-0.15, -0.1) is 0 Å². The summed E-state index contributed by atoms with van der Waals surface area (Å²) in [5.41, 5.74) is 0.499. The first-order valence-corrected chi connectivity index (χ1v) is 7.88. The van der Waals surface area contributed by atoms with E-state index in [2.05, 4.69) is 0 Å². The largest absolute Gasteiger partial charge is 0.466 e. The van der Waals surface area contributed by atoms with Gasteiger partial charge in [-0.3, -0.25) is 4.79 Å². The van der Waals surface area contributed by atoms with E-state index < -0.39 is 10.0 Å². The van der Waals surface area contributed by atoms with Gasteiger partial charge in [0.05, 0.1) is 11.3 Å². The molecule has 2 N–H and O–H groups in total. The minimum Gasteiger partial charge on any atom is -0.466 e. The molecule has 19 heavy (non-hydrogen) atoms. The molecule has 1 aromatic rings. The predicted octanol–water partition coefficient (Wildman–Crippen LogP) is 0.790. The Morgan fingerprint density at radius 1 is 1.53 bits per heavy atom. The zero-order chi connectivity index (χ0) is 14.2. The van der Waals surface area contributed by atoms with Crippen molar-refractivity contribution in [3.05, 3.63) is 23.2 Å². The van der Waals surface area contributed by atoms with E-state index in [-0.39, 0.29) is 17.7 Å². The van der Waals surface area contributed by atoms with Crippen LogP contribution in [0.1, 0.15) is 34.7 Å². The van der Waals surface area contributed by atoms with Crippen LogP contribution in [0, 0.1) is 13.8 Å². The number of likely N-dealkylation sites (tertiary alicyclic amines) is 1. The van der Waals surface area contributed by atoms with Crippen LogP contribution >= 0.6 is 0 Å². The number of aryl methyl sites for hydroxylation is 2. The van der Waals surface area contributed by atoms with Crippen molar-refractivity contribution >= 4 is 15.9 Å². The molecule has 1 aliphatic rings. The lowest BCUT2D eigenvalue weighted by Crippen LogP contribution is -2.41. The van der Waals surface area contributed by atoms with E-state index in [1.807, 2.05) is 0 Å². The Bertz CT molecular complexity index is 591. The highest BCUT2D eigenvalue weighted by Gasteiger charge is 2.33. The number of carbonyl (C=O) groups is 1. The number of hydrogen-bond acceptors (Lipinski definition) is 4. The Balaban J connectivity index is 2.21. The molecule has 106 valence electrons. The first-order chi connectivity index (χ1) is 8.78. The Morgan fingerprint density at radius 2 is 2.21 bits per heavy atom. The summed E-state index contributed by atoms with van der Waals surface area (Å²) in [5, 5.41) is 5.07. The van der Waals surface area contributed by atoms with Crippen LogP contribution < -0.4 is 5.14 Å². The van der Waals surface area contributed by atoms with Gasteiger partial charge in [0.15, 0.2) is 0 Å². The SMILES string of the molecule is Cc1cc(C(=O)N2CCCC2CS(N)(=O)=O)c(C)o1. The van der Waals surface area contributed by atoms with Crippen LogP contribution in [0.5, 0.6) is 0 Å². The van der Waals surface area contributed by atoms with E-state index in [1.165, 1.54) is 0 Å². The lowest BCUT2D eigenvalue weighted by Gasteiger charge is -2.23. The first-order valence-electron chi connectivity index (χ1n) is 6.16. The fourth-order valence-corrected chi connectivity index (χ4v) is 3.43. The molecule has 1 unspecified atom stereocenters. The third kappa shape index (κ3) is 3.16. The highest BCUT2D eigenvalue weighted by atomic mass is 32.2. The number of primary sulfonamides is 1. The van der Waals surface area contributed by atoms with Gasteiger partial charge >= 0.3 is 0 Å². The number of amides is 1. The molecule has 0 bridgehead atoms. The second kappa shape index (κ2) is 4.97. The van der Waals surface area contributed by atoms with E-state index in [0.29, 0.717) is 30.0 Å². The van der Waals surface area contributed by atoms with E-state index >= 15 is 0 Å². The monoisotopic (exact) mass is 286 g/mol. The number of hydrogen-bond donors (Lipinski definition) is 1. The van der Waals surface area contributed by atoms with Gasteiger partial charge in [0, 0.05) is 12.6 Å². The summed E-state index contributed by atoms with van der Waals surface area (Å²) in [7, 11) is -3.58. The molecule has 0 aliphatic carbocycles. The maximum atomic E-state index is 12.4. The van der Waals surface area contributed by atoms with Crippen molar-refractivity contribution in [2.75, 3.05) is 12.3 Å². The maximum Gasteiger partial charge on any atom is 0.257 e. The van der Waals surface area contributed by atoms with Crippen LogP contribution in [0.4, 0.5) is 0 Å². The number of carbonyl (C=O) groups excluding carboxylic acids is 1. The van der Waals surface area contributed by atoms with Gasteiger partial charge in [-0.25, -0.2) is 13.6 Å². The quantitative estimate of drug-likeness (QED) is 0.889. The van der Waals surface area contributed by atoms with Crippen molar-refractivity contribution in [2.45, 2.75) is 32.7 Å². The van der Waals surface area contributed by atoms with Crippen LogP contribution in [0.2, 0.25) is 0 Å². The van der Waals surface area contributed by atoms with Crippen LogP contribution in [0.3, 0.4) is 0 Å². The minimum atomic E-state index is -3.58. The molecule has 0 aromatic carbocycles. The summed E-state index contributed by atoms with van der Waals surface area (Å²) in [6, 6.07) is 1.35. The van der Waals surface area contributed by atoms with Gasteiger partial charge < -0.3 is 9.32 Å². The molecule has 1 saturated heterocycles. The molecule has 0 spiro atoms. The normalized spacial score (nSPS) is 19.9. The lowest BCUT2D eigenvalue weighted by molar-refractivity contribution is 0.0747. The number of nitrogens with zero attached hydrogens (tertiary/aromatic N) is 1. The van der Waals surface area contributed by atoms with Gasteiger partial charge in [-0.05, 0) is 32.8 Å². The van der Waals surface area contributed by atoms with Crippen molar-refractivity contribution in [3.63, 3.8) is 0 Å². The predicted molar refractivity (Wildman–Crippen MR) is 70.2 cm³/mol. The summed E-state index contributed by atoms with van der Waals surface area (Å²) < 4.78 is 27.7. The molecular weight excluding hydrogens is 268 g/mol. The highest BCUT2D eigenvalue weighted by Crippen LogP contribution is 2.23. The molecule has 2 rings (SSSR count). The van der Waals surface area contributed by atoms with Crippen LogP contribution in [-0.2, 0) is 10.0 Å². The Morgan fingerprint density at radius 3 is 2.74 bits per heavy atom. The molecule has 7 heteroatoms. The average molecular weight is 286 g/mol. The number of rotatable bonds is 3. The first kappa shape index (κ1) is 14.1. The molecule has 1 fully saturated rings. The fraction of sp³-hybridized carbons (Fsp3) is 0.583. The van der Waals surface area contributed by atoms with E-state index in [9.17, 15) is 13.2 Å². The van der Waals surface area contributed by atoms with Crippen molar-refractivity contribution in [3.8, 4) is 0 Å². The molecule has 1 aliphatic heterocycles. The summed E-state index contributed by atoms with van der Waals surface area (Å²) in [5.74, 6) is 0.863. The smallest absolute Gasteiger partial charge is 0.257 e. The third-order valence-corrected chi connectivity index (χ3v) is 4.18. The summed E-state index contributed by atoms with van der Waals surface area (Å²) >= 11 is 0. The molecule has 6 nitrogen and oxygen atoms in total. The van der Waals surface area contributed by atoms with E-state index in [0.717, 1.165) is 6.42 Å². The lowest BCUT2D eigenvalue weighted by atomic mass is 10.2. The molecule has 1 atom stereocenters. The van der Waals surface area contributed by atoms with Crippen LogP contribution in [-0.4, -0.2) is 37.6 Å². The maximum absolute atomic E-state index is 12.4. The average Bonchev–Trinajstić information content (AvgIpc) is 2.82. The van der Waals surface area contributed by atoms with Crippen molar-refractivity contribution < 1.29 is 17.6 Å². The van der Waals surface area contributed by atoms with E-state index in [4.69, 9.17) is 9.56 Å². The fourth-order valence-electron chi connectivity index (χ4n) is 2.54. The second-order valence-corrected chi connectivity index (χ2v) is 6.61. The Labute approximate surface area is 112 Å². The molecule has 2 heterocycles. The Kier molecular flexibility index (Phi) is 3.69. The second-order valence-electron chi connectivity index (χ2n) is 4.95. The summed E-state index contributed by atoms with van der Waals surface area (Å²) in [6.45, 7) is 4.06. The van der Waals surface area contributed by atoms with Crippen molar-refractivity contribution in [1.29, 1.82) is 0 Å². The highest BCUT2D eigenvalue weighted by molar-refractivity contribution is 7.89. The van der Waals surface area contributed by atoms with Gasteiger partial charge in [0.2, 0.25) is 10.0 Å². The molecule has 0 radical (unpaired) electrons. The van der Waals surface area contributed by atoms with E-state index in [1.54, 1.807) is 24.8 Å². The van der Waals surface area contributed by atoms with Crippen LogP contribution in [0.15, 0.2) is 10.5 Å². The third-order valence-electron chi connectivity index (χ3n) is 3.33. The van der Waals surface area contributed by atoms with Crippen molar-refractivity contribution in [1.82, 2.24) is 4.90 Å². The minimum absolute atomic E-state index is 0.180. The van der Waals surface area contributed by atoms with Gasteiger partial charge in [0.25, 0.3) is 5.91 Å². The number of nitrogens with two attached hydrogens (primary N) is 1. The zero-order valence-electron chi connectivity index (χ0n) is 11.0. The Hall–Kier alpha value is -1.34. The summed E-state index contributed by atoms with van der Waals surface area (Å²) in [4.78, 5) is 14.0. The standard InChI is InChI=1S/C12H18N2O4S/c1-8-6-11(9(2)18-8)12(15)14-5-3-4-10(14)7-19(13,16)17/h6,10H,3-5,7H2,1-2H3,(H2,13,16,17). The topological polar surface area (TPSA) is 93.6 Å². The van der Waals surface area contributed by atoms with Crippen LogP contribution in [0.25, 0.3) is 0 Å². The molecule has 1 amide bonds. The van der Waals surface area contributed by atoms with Gasteiger partial charge in [0.1, 0.15) is 11.5 Å². The molecular formula is C12H18N2O4S.